The van der Waals surface area contributed by atoms with Gasteiger partial charge in [-0.3, -0.25) is 19.2 Å². The van der Waals surface area contributed by atoms with Crippen molar-refractivity contribution in [3.8, 4) is 5.82 Å². The minimum atomic E-state index is -2.89. The summed E-state index contributed by atoms with van der Waals surface area (Å²) in [7, 11) is 1.74. The molecule has 0 bridgehead atoms. The van der Waals surface area contributed by atoms with Crippen molar-refractivity contribution in [3.63, 3.8) is 0 Å². The van der Waals surface area contributed by atoms with E-state index >= 15 is 0 Å². The lowest BCUT2D eigenvalue weighted by atomic mass is 9.85. The maximum Gasteiger partial charge on any atom is 0.334 e. The van der Waals surface area contributed by atoms with Crippen LogP contribution in [0.1, 0.15) is 48.2 Å². The van der Waals surface area contributed by atoms with E-state index in [0.29, 0.717) is 49.6 Å². The minimum absolute atomic E-state index is 0.113. The molecule has 1 saturated carbocycles. The fourth-order valence-electron chi connectivity index (χ4n) is 5.97. The highest BCUT2D eigenvalue weighted by atomic mass is 35.5. The number of anilines is 1. The molecule has 1 aromatic carbocycles. The average molecular weight is 610 g/mol. The summed E-state index contributed by atoms with van der Waals surface area (Å²) >= 11 is 5.91. The first kappa shape index (κ1) is 28.8. The first-order valence-electron chi connectivity index (χ1n) is 14.2. The lowest BCUT2D eigenvalue weighted by Gasteiger charge is -2.29. The van der Waals surface area contributed by atoms with Crippen LogP contribution in [0.25, 0.3) is 16.9 Å². The van der Waals surface area contributed by atoms with E-state index in [-0.39, 0.29) is 34.3 Å². The molecule has 0 spiro atoms. The number of aromatic nitrogens is 4. The average Bonchev–Trinajstić information content (AvgIpc) is 3.48. The molecule has 224 valence electrons. The number of benzene rings is 1. The number of likely N-dealkylation sites (N-methyl/N-ethyl adjacent to an activating group) is 1. The molecule has 1 aliphatic carbocycles. The minimum Gasteiger partial charge on any atom is -0.349 e. The molecule has 1 saturated heterocycles. The molecule has 3 aromatic heterocycles. The third-order valence-electron chi connectivity index (χ3n) is 8.24. The maximum atomic E-state index is 13.9. The van der Waals surface area contributed by atoms with Gasteiger partial charge in [-0.15, -0.1) is 0 Å². The van der Waals surface area contributed by atoms with Gasteiger partial charge in [0.2, 0.25) is 0 Å². The number of carbonyl (C=O) groups is 2. The third-order valence-corrected chi connectivity index (χ3v) is 8.44. The first-order valence-corrected chi connectivity index (χ1v) is 14.5. The van der Waals surface area contributed by atoms with Gasteiger partial charge in [-0.25, -0.2) is 27.9 Å². The molecule has 0 unspecified atom stereocenters. The molecule has 0 atom stereocenters. The topological polar surface area (TPSA) is 105 Å². The molecule has 13 heteroatoms. The van der Waals surface area contributed by atoms with E-state index < -0.39 is 18.0 Å². The summed E-state index contributed by atoms with van der Waals surface area (Å²) in [5.74, 6) is 0.478. The first-order chi connectivity index (χ1) is 20.7. The number of fused-ring (bicyclic) bond motifs is 1. The highest BCUT2D eigenvalue weighted by Gasteiger charge is 2.29. The highest BCUT2D eigenvalue weighted by Crippen LogP contribution is 2.29. The lowest BCUT2D eigenvalue weighted by molar-refractivity contribution is 0.0904. The Morgan fingerprint density at radius 3 is 2.44 bits per heavy atom. The van der Waals surface area contributed by atoms with Crippen LogP contribution >= 0.6 is 11.6 Å². The van der Waals surface area contributed by atoms with Crippen molar-refractivity contribution in [3.05, 3.63) is 81.5 Å². The molecule has 2 aliphatic rings. The Bertz CT molecular complexity index is 1750. The fourth-order valence-corrected chi connectivity index (χ4v) is 6.13. The smallest absolute Gasteiger partial charge is 0.334 e. The van der Waals surface area contributed by atoms with Gasteiger partial charge in [0.15, 0.2) is 0 Å². The zero-order valence-corrected chi connectivity index (χ0v) is 24.2. The molecular weight excluding hydrogens is 580 g/mol. The molecule has 4 heterocycles. The fraction of sp³-hybridized carbons (Fsp3) is 0.367. The zero-order chi connectivity index (χ0) is 30.2. The monoisotopic (exact) mass is 609 g/mol. The van der Waals surface area contributed by atoms with E-state index in [0.717, 1.165) is 24.6 Å². The van der Waals surface area contributed by atoms with Crippen molar-refractivity contribution in [1.82, 2.24) is 29.3 Å². The van der Waals surface area contributed by atoms with Gasteiger partial charge >= 0.3 is 11.7 Å². The van der Waals surface area contributed by atoms with Gasteiger partial charge < -0.3 is 10.2 Å². The molecule has 1 aliphatic heterocycles. The SMILES string of the molecule is CN1CCN(c2cccc(-n3c(=O)n(C[C@H]4CC[C@H](NC(=O)c5cc(Cl)cnc5C(F)F)CC4)c4ccccc43)n2)C1=O. The number of nitrogens with one attached hydrogen (secondary N) is 1. The van der Waals surface area contributed by atoms with Crippen LogP contribution in [0, 0.1) is 5.92 Å². The number of amides is 3. The lowest BCUT2D eigenvalue weighted by Crippen LogP contribution is -2.39. The van der Waals surface area contributed by atoms with Crippen LogP contribution in [0.15, 0.2) is 59.5 Å². The second kappa shape index (κ2) is 11.8. The van der Waals surface area contributed by atoms with Crippen molar-refractivity contribution >= 4 is 40.4 Å². The normalized spacial score (nSPS) is 19.0. The summed E-state index contributed by atoms with van der Waals surface area (Å²) in [6, 6.07) is 13.7. The highest BCUT2D eigenvalue weighted by molar-refractivity contribution is 6.30. The number of nitrogens with zero attached hydrogens (tertiary/aromatic N) is 6. The molecule has 10 nitrogen and oxygen atoms in total. The number of halogens is 3. The molecular formula is C30H30ClF2N7O3. The van der Waals surface area contributed by atoms with Crippen LogP contribution in [0.2, 0.25) is 5.02 Å². The van der Waals surface area contributed by atoms with Crippen LogP contribution < -0.4 is 15.9 Å². The molecule has 6 rings (SSSR count). The number of alkyl halides is 2. The third kappa shape index (κ3) is 5.58. The standard InChI is InChI=1S/C30H30ClF2N7O3/c1-37-13-14-38(29(37)42)24-7-4-8-25(36-24)40-23-6-3-2-5-22(23)39(30(40)43)17-18-9-11-20(12-10-18)35-28(41)21-15-19(31)16-34-26(21)27(32)33/h2-8,15-16,18,20,27H,9-14,17H2,1H3,(H,35,41)/t18-,20-. The number of hydrogen-bond donors (Lipinski definition) is 1. The number of pyridine rings is 2. The van der Waals surface area contributed by atoms with Gasteiger partial charge in [0.1, 0.15) is 17.3 Å². The Morgan fingerprint density at radius 1 is 1.02 bits per heavy atom. The molecule has 4 aromatic rings. The van der Waals surface area contributed by atoms with Crippen molar-refractivity contribution in [2.24, 2.45) is 5.92 Å². The number of imidazole rings is 1. The van der Waals surface area contributed by atoms with Crippen molar-refractivity contribution < 1.29 is 18.4 Å². The molecule has 0 radical (unpaired) electrons. The van der Waals surface area contributed by atoms with E-state index in [1.54, 1.807) is 44.2 Å². The largest absolute Gasteiger partial charge is 0.349 e. The molecule has 1 N–H and O–H groups in total. The van der Waals surface area contributed by atoms with Gasteiger partial charge in [0.05, 0.1) is 21.6 Å². The molecule has 3 amide bonds. The number of carbonyl (C=O) groups excluding carboxylic acids is 2. The van der Waals surface area contributed by atoms with Gasteiger partial charge in [0, 0.05) is 38.9 Å². The van der Waals surface area contributed by atoms with Crippen LogP contribution in [0.4, 0.5) is 19.4 Å². The van der Waals surface area contributed by atoms with E-state index in [9.17, 15) is 23.2 Å². The number of rotatable bonds is 7. The number of hydrogen-bond acceptors (Lipinski definition) is 5. The summed E-state index contributed by atoms with van der Waals surface area (Å²) in [4.78, 5) is 50.8. The van der Waals surface area contributed by atoms with Crippen LogP contribution in [0.5, 0.6) is 0 Å². The number of para-hydroxylation sites is 2. The maximum absolute atomic E-state index is 13.9. The Hall–Kier alpha value is -4.32. The van der Waals surface area contributed by atoms with E-state index in [1.807, 2.05) is 24.3 Å². The Morgan fingerprint density at radius 2 is 1.74 bits per heavy atom. The van der Waals surface area contributed by atoms with Gasteiger partial charge in [-0.1, -0.05) is 29.8 Å². The summed E-state index contributed by atoms with van der Waals surface area (Å²) in [5.41, 5.74) is 0.459. The summed E-state index contributed by atoms with van der Waals surface area (Å²) in [6.45, 7) is 1.61. The van der Waals surface area contributed by atoms with Crippen molar-refractivity contribution in [2.45, 2.75) is 44.7 Å². The Balaban J connectivity index is 1.19. The molecule has 43 heavy (non-hydrogen) atoms. The van der Waals surface area contributed by atoms with Gasteiger partial charge in [-0.2, -0.15) is 0 Å². The zero-order valence-electron chi connectivity index (χ0n) is 23.4. The predicted molar refractivity (Wildman–Crippen MR) is 158 cm³/mol. The predicted octanol–water partition coefficient (Wildman–Crippen LogP) is 5.03. The van der Waals surface area contributed by atoms with Crippen molar-refractivity contribution in [2.75, 3.05) is 25.0 Å². The van der Waals surface area contributed by atoms with Gasteiger partial charge in [0.25, 0.3) is 12.3 Å². The summed E-state index contributed by atoms with van der Waals surface area (Å²) < 4.78 is 30.1. The summed E-state index contributed by atoms with van der Waals surface area (Å²) in [6.07, 6.45) is 0.976. The van der Waals surface area contributed by atoms with Crippen LogP contribution in [0.3, 0.4) is 0 Å². The molecule has 2 fully saturated rings. The Kier molecular flexibility index (Phi) is 7.87. The summed E-state index contributed by atoms with van der Waals surface area (Å²) in [5, 5.41) is 2.97. The van der Waals surface area contributed by atoms with Crippen LogP contribution in [-0.2, 0) is 6.54 Å². The quantitative estimate of drug-likeness (QED) is 0.316. The second-order valence-electron chi connectivity index (χ2n) is 11.0. The van der Waals surface area contributed by atoms with Gasteiger partial charge in [-0.05, 0) is 61.9 Å². The second-order valence-corrected chi connectivity index (χ2v) is 11.4. The van der Waals surface area contributed by atoms with Crippen molar-refractivity contribution in [1.29, 1.82) is 0 Å². The van der Waals surface area contributed by atoms with Crippen LogP contribution in [-0.4, -0.2) is 62.1 Å². The number of urea groups is 1. The van der Waals surface area contributed by atoms with E-state index in [2.05, 4.69) is 10.3 Å². The Labute approximate surface area is 250 Å². The van der Waals surface area contributed by atoms with E-state index in [1.165, 1.54) is 6.07 Å². The van der Waals surface area contributed by atoms with E-state index in [4.69, 9.17) is 16.6 Å².